The Morgan fingerprint density at radius 3 is 2.50 bits per heavy atom. The summed E-state index contributed by atoms with van der Waals surface area (Å²) in [5.74, 6) is -0.780. The fraction of sp³-hybridized carbons (Fsp3) is 0.357. The number of rotatable bonds is 6. The van der Waals surface area contributed by atoms with E-state index < -0.39 is 38.7 Å². The van der Waals surface area contributed by atoms with Crippen LogP contribution in [0.1, 0.15) is 12.5 Å². The highest BCUT2D eigenvalue weighted by molar-refractivity contribution is 8.00. The number of alkyl halides is 3. The van der Waals surface area contributed by atoms with Crippen molar-refractivity contribution in [1.29, 1.82) is 0 Å². The first-order chi connectivity index (χ1) is 12.8. The van der Waals surface area contributed by atoms with Crippen LogP contribution in [0.4, 0.5) is 24.0 Å². The van der Waals surface area contributed by atoms with Crippen molar-refractivity contribution in [1.82, 2.24) is 10.2 Å². The first kappa shape index (κ1) is 22.7. The van der Waals surface area contributed by atoms with E-state index >= 15 is 0 Å². The Morgan fingerprint density at radius 2 is 2.00 bits per heavy atom. The van der Waals surface area contributed by atoms with Gasteiger partial charge in [0.05, 0.1) is 22.5 Å². The second kappa shape index (κ2) is 8.43. The number of hydrogen-bond acceptors (Lipinski definition) is 7. The van der Waals surface area contributed by atoms with Gasteiger partial charge in [0.25, 0.3) is 0 Å². The van der Waals surface area contributed by atoms with Gasteiger partial charge in [-0.2, -0.15) is 13.2 Å². The van der Waals surface area contributed by atoms with Crippen LogP contribution < -0.4 is 9.62 Å². The smallest absolute Gasteiger partial charge is 0.299 e. The van der Waals surface area contributed by atoms with Crippen LogP contribution in [-0.4, -0.2) is 43.1 Å². The van der Waals surface area contributed by atoms with Gasteiger partial charge in [-0.05, 0) is 31.4 Å². The fourth-order valence-electron chi connectivity index (χ4n) is 2.23. The Hall–Kier alpha value is -1.57. The average molecular weight is 475 g/mol. The highest BCUT2D eigenvalue weighted by Crippen LogP contribution is 2.37. The second-order valence-electron chi connectivity index (χ2n) is 5.46. The largest absolute Gasteiger partial charge is 0.417 e. The molecule has 0 aliphatic rings. The van der Waals surface area contributed by atoms with Crippen molar-refractivity contribution in [3.05, 3.63) is 28.8 Å². The molecule has 0 aliphatic carbocycles. The number of nitrogens with zero attached hydrogens (tertiary/aromatic N) is 3. The van der Waals surface area contributed by atoms with Crippen molar-refractivity contribution in [3.63, 3.8) is 0 Å². The lowest BCUT2D eigenvalue weighted by Gasteiger charge is -2.28. The first-order valence-corrected chi connectivity index (χ1v) is 11.7. The molecule has 14 heteroatoms. The Morgan fingerprint density at radius 1 is 1.36 bits per heavy atom. The Bertz CT molecular complexity index is 982. The molecule has 1 heterocycles. The maximum absolute atomic E-state index is 13.1. The molecule has 0 aliphatic heterocycles. The first-order valence-electron chi connectivity index (χ1n) is 7.39. The molecule has 0 saturated carbocycles. The van der Waals surface area contributed by atoms with Crippen LogP contribution in [0.15, 0.2) is 22.5 Å². The molecule has 1 aromatic carbocycles. The number of hydrogen-bond donors (Lipinski definition) is 1. The van der Waals surface area contributed by atoms with E-state index in [-0.39, 0.29) is 10.8 Å². The van der Waals surface area contributed by atoms with E-state index in [9.17, 15) is 26.4 Å². The minimum absolute atomic E-state index is 0.140. The molecule has 0 saturated heterocycles. The van der Waals surface area contributed by atoms with Crippen LogP contribution in [0.3, 0.4) is 0 Å². The van der Waals surface area contributed by atoms with E-state index in [1.54, 1.807) is 6.26 Å². The van der Waals surface area contributed by atoms with Crippen molar-refractivity contribution < 1.29 is 26.4 Å². The number of thioether (sulfide) groups is 1. The number of aromatic nitrogens is 2. The predicted molar refractivity (Wildman–Crippen MR) is 104 cm³/mol. The molecular formula is C14H14ClF3N4O3S3. The molecular weight excluding hydrogens is 461 g/mol. The summed E-state index contributed by atoms with van der Waals surface area (Å²) >= 11 is 7.96. The standard InChI is InChI=1S/C14H14ClF3N4O3S3/c1-7(11(23)19-12-20-21-13(26-2)27-12)22(28(3,24)25)8-4-5-10(15)9(6-8)14(16,17)18/h4-7H,1-3H3,(H,19,20,23). The van der Waals surface area contributed by atoms with E-state index in [1.807, 2.05) is 0 Å². The molecule has 28 heavy (non-hydrogen) atoms. The van der Waals surface area contributed by atoms with Crippen LogP contribution in [0, 0.1) is 0 Å². The van der Waals surface area contributed by atoms with Crippen LogP contribution in [0.2, 0.25) is 5.02 Å². The van der Waals surface area contributed by atoms with Gasteiger partial charge in [-0.1, -0.05) is 34.7 Å². The SMILES string of the molecule is CSc1nnc(NC(=O)C(C)N(c2ccc(Cl)c(C(F)(F)F)c2)S(C)(=O)=O)s1. The molecule has 1 atom stereocenters. The summed E-state index contributed by atoms with van der Waals surface area (Å²) in [5.41, 5.74) is -1.55. The van der Waals surface area contributed by atoms with Gasteiger partial charge in [0.1, 0.15) is 6.04 Å². The van der Waals surface area contributed by atoms with Gasteiger partial charge in [0, 0.05) is 0 Å². The molecule has 7 nitrogen and oxygen atoms in total. The normalized spacial score (nSPS) is 13.2. The second-order valence-corrected chi connectivity index (χ2v) is 9.76. The van der Waals surface area contributed by atoms with Gasteiger partial charge in [0.2, 0.25) is 21.1 Å². The minimum atomic E-state index is -4.79. The lowest BCUT2D eigenvalue weighted by atomic mass is 10.1. The van der Waals surface area contributed by atoms with Gasteiger partial charge >= 0.3 is 6.18 Å². The zero-order valence-corrected chi connectivity index (χ0v) is 17.8. The molecule has 1 N–H and O–H groups in total. The summed E-state index contributed by atoms with van der Waals surface area (Å²) in [6.45, 7) is 1.24. The summed E-state index contributed by atoms with van der Waals surface area (Å²) in [4.78, 5) is 12.5. The summed E-state index contributed by atoms with van der Waals surface area (Å²) in [6, 6.07) is 1.25. The lowest BCUT2D eigenvalue weighted by molar-refractivity contribution is -0.137. The van der Waals surface area contributed by atoms with E-state index in [1.165, 1.54) is 18.7 Å². The maximum Gasteiger partial charge on any atom is 0.417 e. The third-order valence-corrected chi connectivity index (χ3v) is 6.79. The highest BCUT2D eigenvalue weighted by atomic mass is 35.5. The van der Waals surface area contributed by atoms with Crippen LogP contribution in [-0.2, 0) is 21.0 Å². The van der Waals surface area contributed by atoms with Crippen molar-refractivity contribution in [2.75, 3.05) is 22.1 Å². The molecule has 2 aromatic rings. The number of anilines is 2. The Labute approximate surface area is 172 Å². The zero-order valence-electron chi connectivity index (χ0n) is 14.6. The van der Waals surface area contributed by atoms with Crippen molar-refractivity contribution in [2.24, 2.45) is 0 Å². The molecule has 0 bridgehead atoms. The number of amides is 1. The Balaban J connectivity index is 2.40. The van der Waals surface area contributed by atoms with Gasteiger partial charge < -0.3 is 0 Å². The van der Waals surface area contributed by atoms with Gasteiger partial charge in [0.15, 0.2) is 4.34 Å². The number of carbonyl (C=O) groups excluding carboxylic acids is 1. The number of halogens is 4. The minimum Gasteiger partial charge on any atom is -0.299 e. The molecule has 1 aromatic heterocycles. The highest BCUT2D eigenvalue weighted by Gasteiger charge is 2.36. The molecule has 0 spiro atoms. The van der Waals surface area contributed by atoms with E-state index in [0.29, 0.717) is 14.7 Å². The molecule has 0 radical (unpaired) electrons. The molecule has 1 unspecified atom stereocenters. The van der Waals surface area contributed by atoms with Crippen molar-refractivity contribution in [2.45, 2.75) is 23.5 Å². The van der Waals surface area contributed by atoms with Crippen LogP contribution >= 0.6 is 34.7 Å². The third-order valence-electron chi connectivity index (χ3n) is 3.41. The number of benzene rings is 1. The summed E-state index contributed by atoms with van der Waals surface area (Å²) in [6.07, 6.45) is -2.24. The van der Waals surface area contributed by atoms with Crippen molar-refractivity contribution >= 4 is 61.4 Å². The molecule has 154 valence electrons. The van der Waals surface area contributed by atoms with Gasteiger partial charge in [-0.25, -0.2) is 8.42 Å². The van der Waals surface area contributed by atoms with E-state index in [0.717, 1.165) is 29.7 Å². The third kappa shape index (κ3) is 5.27. The lowest BCUT2D eigenvalue weighted by Crippen LogP contribution is -2.45. The van der Waals surface area contributed by atoms with E-state index in [4.69, 9.17) is 11.6 Å². The predicted octanol–water partition coefficient (Wildman–Crippen LogP) is 3.73. The van der Waals surface area contributed by atoms with Crippen LogP contribution in [0.5, 0.6) is 0 Å². The van der Waals surface area contributed by atoms with Gasteiger partial charge in [-0.15, -0.1) is 10.2 Å². The maximum atomic E-state index is 13.1. The van der Waals surface area contributed by atoms with Gasteiger partial charge in [-0.3, -0.25) is 14.4 Å². The summed E-state index contributed by atoms with van der Waals surface area (Å²) in [5, 5.41) is 9.51. The fourth-order valence-corrected chi connectivity index (χ4v) is 4.79. The average Bonchev–Trinajstić information content (AvgIpc) is 3.01. The monoisotopic (exact) mass is 474 g/mol. The van der Waals surface area contributed by atoms with Crippen LogP contribution in [0.25, 0.3) is 0 Å². The van der Waals surface area contributed by atoms with Crippen molar-refractivity contribution in [3.8, 4) is 0 Å². The topological polar surface area (TPSA) is 92.3 Å². The zero-order chi connectivity index (χ0) is 21.3. The summed E-state index contributed by atoms with van der Waals surface area (Å²) in [7, 11) is -4.10. The molecule has 0 fully saturated rings. The Kier molecular flexibility index (Phi) is 6.84. The van der Waals surface area contributed by atoms with E-state index in [2.05, 4.69) is 15.5 Å². The molecule has 2 rings (SSSR count). The molecule has 1 amide bonds. The quantitative estimate of drug-likeness (QED) is 0.506. The number of carbonyl (C=O) groups is 1. The number of nitrogens with one attached hydrogen (secondary N) is 1. The number of sulfonamides is 1. The summed E-state index contributed by atoms with van der Waals surface area (Å²) < 4.78 is 65.0.